The highest BCUT2D eigenvalue weighted by molar-refractivity contribution is 7.13. The summed E-state index contributed by atoms with van der Waals surface area (Å²) in [6.45, 7) is 10.9. The monoisotopic (exact) mass is 792 g/mol. The molecule has 2 heterocycles. The molecule has 1 saturated carbocycles. The zero-order valence-corrected chi connectivity index (χ0v) is 33.1. The summed E-state index contributed by atoms with van der Waals surface area (Å²) in [6.07, 6.45) is -0.989. The van der Waals surface area contributed by atoms with E-state index in [1.807, 2.05) is 31.2 Å². The van der Waals surface area contributed by atoms with Crippen molar-refractivity contribution in [1.82, 2.24) is 25.8 Å². The largest absolute Gasteiger partial charge is 0.391 e. The maximum Gasteiger partial charge on any atom is 0.258 e. The van der Waals surface area contributed by atoms with Gasteiger partial charge in [0, 0.05) is 26.1 Å². The minimum Gasteiger partial charge on any atom is -0.391 e. The van der Waals surface area contributed by atoms with Crippen LogP contribution in [0.15, 0.2) is 29.8 Å². The number of nitrogens with one attached hydrogen (secondary N) is 3. The summed E-state index contributed by atoms with van der Waals surface area (Å²) in [6, 6.07) is 4.44. The third-order valence-corrected chi connectivity index (χ3v) is 10.3. The molecule has 306 valence electrons. The summed E-state index contributed by atoms with van der Waals surface area (Å²) in [5.41, 5.74) is 6.79. The Morgan fingerprint density at radius 3 is 2.13 bits per heavy atom. The molecule has 0 spiro atoms. The average Bonchev–Trinajstić information content (AvgIpc) is 3.55. The van der Waals surface area contributed by atoms with Crippen molar-refractivity contribution >= 4 is 35.0 Å². The molecule has 4 unspecified atom stereocenters. The number of carbonyl (C=O) groups excluding carboxylic acids is 4. The van der Waals surface area contributed by atoms with E-state index in [0.29, 0.717) is 58.4 Å². The molecule has 4 amide bonds. The highest BCUT2D eigenvalue weighted by Gasteiger charge is 2.53. The first kappa shape index (κ1) is 44.1. The number of hydrogen-bond acceptors (Lipinski definition) is 12. The lowest BCUT2D eigenvalue weighted by atomic mass is 9.85. The molecule has 2 aromatic rings. The number of nitrogens with zero attached hydrogens (tertiary/aromatic N) is 2. The van der Waals surface area contributed by atoms with Crippen molar-refractivity contribution in [3.8, 4) is 10.4 Å². The van der Waals surface area contributed by atoms with Crippen LogP contribution in [0.25, 0.3) is 10.4 Å². The number of aryl methyl sites for hydroxylation is 1. The molecule has 17 heteroatoms. The van der Waals surface area contributed by atoms with Crippen LogP contribution in [0.5, 0.6) is 0 Å². The number of benzene rings is 1. The SMILES string of the molecule is Cc1ncsc1-c1ccc(C(CC(=O)NCCOCCOCCOCCOCCN)NC(=O)C2CC(O)CN2C(=O)C(NC(=O)C2(F)CC2)C(C)(C)C)cc1. The van der Waals surface area contributed by atoms with Crippen LogP contribution in [0.2, 0.25) is 0 Å². The van der Waals surface area contributed by atoms with Crippen LogP contribution in [0.4, 0.5) is 4.39 Å². The summed E-state index contributed by atoms with van der Waals surface area (Å²) in [5.74, 6) is -2.36. The van der Waals surface area contributed by atoms with Gasteiger partial charge in [-0.15, -0.1) is 11.3 Å². The molecule has 1 aliphatic carbocycles. The molecule has 6 N–H and O–H groups in total. The van der Waals surface area contributed by atoms with Crippen molar-refractivity contribution in [3.05, 3.63) is 41.0 Å². The Morgan fingerprint density at radius 1 is 0.982 bits per heavy atom. The minimum absolute atomic E-state index is 0.0454. The van der Waals surface area contributed by atoms with E-state index in [1.54, 1.807) is 26.3 Å². The number of aliphatic hydroxyl groups excluding tert-OH is 1. The first-order chi connectivity index (χ1) is 26.2. The second kappa shape index (κ2) is 21.1. The molecule has 0 bridgehead atoms. The highest BCUT2D eigenvalue weighted by atomic mass is 32.1. The van der Waals surface area contributed by atoms with Gasteiger partial charge in [-0.3, -0.25) is 19.2 Å². The van der Waals surface area contributed by atoms with E-state index in [2.05, 4.69) is 20.9 Å². The molecule has 0 radical (unpaired) electrons. The van der Waals surface area contributed by atoms with Gasteiger partial charge >= 0.3 is 0 Å². The fourth-order valence-electron chi connectivity index (χ4n) is 6.05. The number of ether oxygens (including phenoxy) is 4. The van der Waals surface area contributed by atoms with E-state index in [9.17, 15) is 28.7 Å². The van der Waals surface area contributed by atoms with Crippen LogP contribution in [0.1, 0.15) is 63.8 Å². The van der Waals surface area contributed by atoms with Gasteiger partial charge in [0.1, 0.15) is 12.1 Å². The summed E-state index contributed by atoms with van der Waals surface area (Å²) < 4.78 is 36.3. The first-order valence-electron chi connectivity index (χ1n) is 18.8. The van der Waals surface area contributed by atoms with Gasteiger partial charge in [0.2, 0.25) is 17.7 Å². The molecular formula is C38H57FN6O9S. The third kappa shape index (κ3) is 13.5. The molecule has 1 aliphatic heterocycles. The van der Waals surface area contributed by atoms with E-state index in [4.69, 9.17) is 24.7 Å². The fourth-order valence-corrected chi connectivity index (χ4v) is 6.86. The molecule has 1 aromatic heterocycles. The van der Waals surface area contributed by atoms with Crippen LogP contribution in [-0.2, 0) is 38.1 Å². The van der Waals surface area contributed by atoms with Crippen LogP contribution >= 0.6 is 11.3 Å². The Balaban J connectivity index is 1.35. The molecule has 4 rings (SSSR count). The predicted octanol–water partition coefficient (Wildman–Crippen LogP) is 1.80. The van der Waals surface area contributed by atoms with Crippen molar-refractivity contribution in [3.63, 3.8) is 0 Å². The molecular weight excluding hydrogens is 736 g/mol. The number of likely N-dealkylation sites (tertiary alicyclic amines) is 1. The Hall–Kier alpha value is -3.58. The van der Waals surface area contributed by atoms with Gasteiger partial charge in [-0.2, -0.15) is 0 Å². The van der Waals surface area contributed by atoms with Gasteiger partial charge in [-0.05, 0) is 36.3 Å². The molecule has 2 fully saturated rings. The smallest absolute Gasteiger partial charge is 0.258 e. The maximum atomic E-state index is 14.6. The molecule has 4 atom stereocenters. The lowest BCUT2D eigenvalue weighted by Gasteiger charge is -2.36. The van der Waals surface area contributed by atoms with E-state index < -0.39 is 53.0 Å². The fraction of sp³-hybridized carbons (Fsp3) is 0.658. The second-order valence-electron chi connectivity index (χ2n) is 14.9. The lowest BCUT2D eigenvalue weighted by Crippen LogP contribution is -2.59. The standard InChI is InChI=1S/C38H57FN6O9S/c1-25-32(55-24-42-25)27-7-5-26(6-8-27)29(22-31(47)41-12-14-52-16-18-54-20-19-53-17-15-51-13-11-40)43-34(48)30-21-28(46)23-45(30)35(49)33(37(2,3)4)44-36(50)38(39)9-10-38/h5-8,24,28-30,33,46H,9-23,40H2,1-4H3,(H,41,47)(H,43,48)(H,44,50). The Morgan fingerprint density at radius 2 is 1.58 bits per heavy atom. The van der Waals surface area contributed by atoms with E-state index >= 15 is 0 Å². The number of aliphatic hydroxyl groups is 1. The second-order valence-corrected chi connectivity index (χ2v) is 15.7. The summed E-state index contributed by atoms with van der Waals surface area (Å²) in [4.78, 5) is 60.4. The zero-order valence-electron chi connectivity index (χ0n) is 32.3. The summed E-state index contributed by atoms with van der Waals surface area (Å²) in [5, 5.41) is 19.0. The van der Waals surface area contributed by atoms with Gasteiger partial charge in [-0.1, -0.05) is 45.0 Å². The number of nitrogens with two attached hydrogens (primary N) is 1. The quantitative estimate of drug-likeness (QED) is 0.103. The van der Waals surface area contributed by atoms with Crippen LogP contribution in [-0.4, -0.2) is 135 Å². The third-order valence-electron chi connectivity index (χ3n) is 9.32. The van der Waals surface area contributed by atoms with Crippen LogP contribution in [0.3, 0.4) is 0 Å². The van der Waals surface area contributed by atoms with Gasteiger partial charge in [0.05, 0.1) is 87.5 Å². The van der Waals surface area contributed by atoms with Crippen molar-refractivity contribution in [1.29, 1.82) is 0 Å². The Kier molecular flexibility index (Phi) is 16.9. The van der Waals surface area contributed by atoms with E-state index in [1.165, 1.54) is 16.2 Å². The van der Waals surface area contributed by atoms with Crippen molar-refractivity contribution in [2.45, 2.75) is 83.3 Å². The normalized spacial score (nSPS) is 18.8. The summed E-state index contributed by atoms with van der Waals surface area (Å²) in [7, 11) is 0. The number of rotatable bonds is 23. The number of carbonyl (C=O) groups is 4. The molecule has 15 nitrogen and oxygen atoms in total. The van der Waals surface area contributed by atoms with Crippen molar-refractivity contribution < 1.29 is 47.6 Å². The summed E-state index contributed by atoms with van der Waals surface area (Å²) >= 11 is 1.51. The van der Waals surface area contributed by atoms with E-state index in [0.717, 1.165) is 16.1 Å². The maximum absolute atomic E-state index is 14.6. The highest BCUT2D eigenvalue weighted by Crippen LogP contribution is 2.40. The number of aromatic nitrogens is 1. The van der Waals surface area contributed by atoms with Crippen molar-refractivity contribution in [2.75, 3.05) is 72.5 Å². The number of alkyl halides is 1. The first-order valence-corrected chi connectivity index (χ1v) is 19.7. The van der Waals surface area contributed by atoms with Crippen molar-refractivity contribution in [2.24, 2.45) is 11.1 Å². The van der Waals surface area contributed by atoms with E-state index in [-0.39, 0.29) is 51.3 Å². The topological polar surface area (TPSA) is 204 Å². The number of amides is 4. The zero-order chi connectivity index (χ0) is 40.0. The van der Waals surface area contributed by atoms with Gasteiger partial charge in [0.25, 0.3) is 5.91 Å². The molecule has 1 saturated heterocycles. The Labute approximate surface area is 326 Å². The van der Waals surface area contributed by atoms with Crippen LogP contribution in [0, 0.1) is 12.3 Å². The molecule has 55 heavy (non-hydrogen) atoms. The lowest BCUT2D eigenvalue weighted by molar-refractivity contribution is -0.145. The van der Waals surface area contributed by atoms with Gasteiger partial charge in [0.15, 0.2) is 5.67 Å². The number of hydrogen-bond donors (Lipinski definition) is 5. The van der Waals surface area contributed by atoms with Crippen LogP contribution < -0.4 is 21.7 Å². The predicted molar refractivity (Wildman–Crippen MR) is 204 cm³/mol. The van der Waals surface area contributed by atoms with Gasteiger partial charge < -0.3 is 50.6 Å². The molecule has 1 aromatic carbocycles. The number of β-amino-alcohol motifs (C(OH)–C–C–N with tert-alkyl or cyclic N) is 1. The average molecular weight is 793 g/mol. The number of thiazole rings is 1. The van der Waals surface area contributed by atoms with Gasteiger partial charge in [-0.25, -0.2) is 9.37 Å². The minimum atomic E-state index is -2.00. The Bertz CT molecular complexity index is 1550. The number of halogens is 1. The molecule has 2 aliphatic rings.